The number of rotatable bonds is 6. The van der Waals surface area contributed by atoms with Crippen molar-refractivity contribution in [1.82, 2.24) is 9.78 Å². The van der Waals surface area contributed by atoms with E-state index in [9.17, 15) is 0 Å². The number of hydrogen-bond donors (Lipinski definition) is 1. The van der Waals surface area contributed by atoms with Crippen LogP contribution in [0.2, 0.25) is 0 Å². The first-order valence-corrected chi connectivity index (χ1v) is 7.21. The van der Waals surface area contributed by atoms with Crippen LogP contribution in [0.15, 0.2) is 36.5 Å². The Labute approximate surface area is 119 Å². The number of aryl methyl sites for hydroxylation is 1. The smallest absolute Gasteiger partial charge is 0.148 e. The molecule has 2 aromatic rings. The molecule has 1 N–H and O–H groups in total. The van der Waals surface area contributed by atoms with Gasteiger partial charge in [-0.05, 0) is 30.4 Å². The van der Waals surface area contributed by atoms with Crippen molar-refractivity contribution in [2.45, 2.75) is 31.8 Å². The molecule has 1 aromatic heterocycles. The highest BCUT2D eigenvalue weighted by molar-refractivity contribution is 5.40. The van der Waals surface area contributed by atoms with Crippen molar-refractivity contribution in [2.75, 3.05) is 19.0 Å². The van der Waals surface area contributed by atoms with Crippen LogP contribution in [0.25, 0.3) is 0 Å². The van der Waals surface area contributed by atoms with Gasteiger partial charge in [-0.25, -0.2) is 0 Å². The first-order chi connectivity index (χ1) is 9.85. The molecule has 1 aliphatic carbocycles. The molecule has 3 rings (SSSR count). The van der Waals surface area contributed by atoms with Gasteiger partial charge in [-0.2, -0.15) is 5.10 Å². The Morgan fingerprint density at radius 1 is 1.25 bits per heavy atom. The number of ether oxygens (including phenoxy) is 1. The highest BCUT2D eigenvalue weighted by Crippen LogP contribution is 2.23. The van der Waals surface area contributed by atoms with Gasteiger partial charge < -0.3 is 10.1 Å². The zero-order valence-electron chi connectivity index (χ0n) is 11.9. The van der Waals surface area contributed by atoms with Gasteiger partial charge in [0.2, 0.25) is 0 Å². The Kier molecular flexibility index (Phi) is 4.02. The van der Waals surface area contributed by atoms with Gasteiger partial charge in [0.1, 0.15) is 5.82 Å². The van der Waals surface area contributed by atoms with E-state index in [2.05, 4.69) is 40.7 Å². The van der Waals surface area contributed by atoms with E-state index >= 15 is 0 Å². The molecule has 4 nitrogen and oxygen atoms in total. The van der Waals surface area contributed by atoms with Crippen LogP contribution in [0.5, 0.6) is 0 Å². The van der Waals surface area contributed by atoms with E-state index in [1.54, 1.807) is 7.11 Å². The summed E-state index contributed by atoms with van der Waals surface area (Å²) in [4.78, 5) is 0. The normalized spacial score (nSPS) is 14.4. The first-order valence-electron chi connectivity index (χ1n) is 7.21. The SMILES string of the molecule is COCCCn1ccc(NC2Cc3ccccc3C2)n1. The monoisotopic (exact) mass is 271 g/mol. The number of methoxy groups -OCH3 is 1. The quantitative estimate of drug-likeness (QED) is 0.820. The summed E-state index contributed by atoms with van der Waals surface area (Å²) in [6.45, 7) is 1.68. The van der Waals surface area contributed by atoms with Crippen LogP contribution >= 0.6 is 0 Å². The lowest BCUT2D eigenvalue weighted by Crippen LogP contribution is -2.20. The van der Waals surface area contributed by atoms with Crippen LogP contribution in [-0.4, -0.2) is 29.5 Å². The fourth-order valence-corrected chi connectivity index (χ4v) is 2.80. The van der Waals surface area contributed by atoms with Gasteiger partial charge in [-0.15, -0.1) is 0 Å². The number of nitrogens with one attached hydrogen (secondary N) is 1. The highest BCUT2D eigenvalue weighted by Gasteiger charge is 2.21. The number of aromatic nitrogens is 2. The molecular weight excluding hydrogens is 250 g/mol. The Hall–Kier alpha value is -1.81. The predicted molar refractivity (Wildman–Crippen MR) is 80.0 cm³/mol. The molecule has 20 heavy (non-hydrogen) atoms. The minimum atomic E-state index is 0.467. The lowest BCUT2D eigenvalue weighted by Gasteiger charge is -2.10. The van der Waals surface area contributed by atoms with Crippen molar-refractivity contribution in [1.29, 1.82) is 0 Å². The van der Waals surface area contributed by atoms with E-state index in [1.807, 2.05) is 10.9 Å². The predicted octanol–water partition coefficient (Wildman–Crippen LogP) is 2.50. The molecule has 0 fully saturated rings. The summed E-state index contributed by atoms with van der Waals surface area (Å²) in [5.41, 5.74) is 2.93. The van der Waals surface area contributed by atoms with Gasteiger partial charge in [0.25, 0.3) is 0 Å². The van der Waals surface area contributed by atoms with Gasteiger partial charge in [0, 0.05) is 38.6 Å². The number of hydrogen-bond acceptors (Lipinski definition) is 3. The number of nitrogens with zero attached hydrogens (tertiary/aromatic N) is 2. The highest BCUT2D eigenvalue weighted by atomic mass is 16.5. The molecule has 0 radical (unpaired) electrons. The summed E-state index contributed by atoms with van der Waals surface area (Å²) in [6.07, 6.45) is 5.20. The molecule has 0 saturated carbocycles. The Balaban J connectivity index is 1.55. The average molecular weight is 271 g/mol. The third kappa shape index (κ3) is 3.02. The maximum atomic E-state index is 5.06. The van der Waals surface area contributed by atoms with Crippen LogP contribution in [0.3, 0.4) is 0 Å². The van der Waals surface area contributed by atoms with Crippen LogP contribution in [0, 0.1) is 0 Å². The molecule has 0 atom stereocenters. The molecule has 0 spiro atoms. The minimum absolute atomic E-state index is 0.467. The molecule has 106 valence electrons. The Bertz CT molecular complexity index is 539. The molecule has 0 amide bonds. The second-order valence-electron chi connectivity index (χ2n) is 5.33. The zero-order chi connectivity index (χ0) is 13.8. The zero-order valence-corrected chi connectivity index (χ0v) is 11.9. The van der Waals surface area contributed by atoms with Gasteiger partial charge in [-0.1, -0.05) is 24.3 Å². The fraction of sp³-hybridized carbons (Fsp3) is 0.438. The molecule has 0 unspecified atom stereocenters. The van der Waals surface area contributed by atoms with E-state index in [0.29, 0.717) is 6.04 Å². The second-order valence-corrected chi connectivity index (χ2v) is 5.33. The summed E-state index contributed by atoms with van der Waals surface area (Å²) in [5.74, 6) is 0.972. The number of anilines is 1. The number of fused-ring (bicyclic) bond motifs is 1. The van der Waals surface area contributed by atoms with E-state index in [4.69, 9.17) is 4.74 Å². The summed E-state index contributed by atoms with van der Waals surface area (Å²) in [7, 11) is 1.73. The summed E-state index contributed by atoms with van der Waals surface area (Å²) in [5, 5.41) is 8.09. The topological polar surface area (TPSA) is 39.1 Å². The second kappa shape index (κ2) is 6.09. The van der Waals surface area contributed by atoms with Crippen LogP contribution in [-0.2, 0) is 24.1 Å². The van der Waals surface area contributed by atoms with Gasteiger partial charge >= 0.3 is 0 Å². The van der Waals surface area contributed by atoms with E-state index in [1.165, 1.54) is 11.1 Å². The van der Waals surface area contributed by atoms with Gasteiger partial charge in [0.15, 0.2) is 0 Å². The third-order valence-electron chi connectivity index (χ3n) is 3.78. The Morgan fingerprint density at radius 2 is 2.00 bits per heavy atom. The fourth-order valence-electron chi connectivity index (χ4n) is 2.80. The van der Waals surface area contributed by atoms with E-state index in [-0.39, 0.29) is 0 Å². The standard InChI is InChI=1S/C16H21N3O/c1-20-10-4-8-19-9-7-16(18-19)17-15-11-13-5-2-3-6-14(13)12-15/h2-3,5-7,9,15H,4,8,10-12H2,1H3,(H,17,18). The van der Waals surface area contributed by atoms with Gasteiger partial charge in [0.05, 0.1) is 0 Å². The molecule has 0 saturated heterocycles. The summed E-state index contributed by atoms with van der Waals surface area (Å²) in [6, 6.07) is 11.2. The maximum absolute atomic E-state index is 5.06. The van der Waals surface area contributed by atoms with Gasteiger partial charge in [-0.3, -0.25) is 4.68 Å². The van der Waals surface area contributed by atoms with Crippen molar-refractivity contribution in [2.24, 2.45) is 0 Å². The lowest BCUT2D eigenvalue weighted by molar-refractivity contribution is 0.189. The lowest BCUT2D eigenvalue weighted by atomic mass is 10.1. The first kappa shape index (κ1) is 13.2. The Morgan fingerprint density at radius 3 is 2.70 bits per heavy atom. The van der Waals surface area contributed by atoms with Crippen molar-refractivity contribution >= 4 is 5.82 Å². The molecule has 0 aliphatic heterocycles. The largest absolute Gasteiger partial charge is 0.385 e. The van der Waals surface area contributed by atoms with Crippen molar-refractivity contribution < 1.29 is 4.74 Å². The summed E-state index contributed by atoms with van der Waals surface area (Å²) < 4.78 is 7.03. The molecule has 1 aromatic carbocycles. The molecule has 1 aliphatic rings. The van der Waals surface area contributed by atoms with E-state index in [0.717, 1.165) is 38.2 Å². The third-order valence-corrected chi connectivity index (χ3v) is 3.78. The maximum Gasteiger partial charge on any atom is 0.148 e. The minimum Gasteiger partial charge on any atom is -0.385 e. The molecule has 4 heteroatoms. The van der Waals surface area contributed by atoms with Crippen molar-refractivity contribution in [3.8, 4) is 0 Å². The van der Waals surface area contributed by atoms with Crippen LogP contribution in [0.4, 0.5) is 5.82 Å². The number of benzene rings is 1. The molecule has 1 heterocycles. The molecule has 0 bridgehead atoms. The van der Waals surface area contributed by atoms with Crippen molar-refractivity contribution in [3.05, 3.63) is 47.7 Å². The summed E-state index contributed by atoms with van der Waals surface area (Å²) >= 11 is 0. The van der Waals surface area contributed by atoms with E-state index < -0.39 is 0 Å². The van der Waals surface area contributed by atoms with Crippen molar-refractivity contribution in [3.63, 3.8) is 0 Å². The van der Waals surface area contributed by atoms with Crippen LogP contribution in [0.1, 0.15) is 17.5 Å². The average Bonchev–Trinajstić information content (AvgIpc) is 3.05. The van der Waals surface area contributed by atoms with Crippen LogP contribution < -0.4 is 5.32 Å². The molecular formula is C16H21N3O.